The summed E-state index contributed by atoms with van der Waals surface area (Å²) in [5, 5.41) is 5.47. The van der Waals surface area contributed by atoms with E-state index in [2.05, 4.69) is 53.2 Å². The Labute approximate surface area is 101 Å². The molecule has 88 valence electrons. The number of rotatable bonds is 5. The molecule has 0 aliphatic carbocycles. The smallest absolute Gasteiger partial charge is 0.193 e. The predicted octanol–water partition coefficient (Wildman–Crippen LogP) is 2.57. The zero-order valence-electron chi connectivity index (χ0n) is 10.2. The van der Waals surface area contributed by atoms with Crippen molar-refractivity contribution in [1.29, 1.82) is 0 Å². The van der Waals surface area contributed by atoms with Gasteiger partial charge in [0.15, 0.2) is 4.96 Å². The first-order chi connectivity index (χ1) is 7.61. The van der Waals surface area contributed by atoms with Crippen LogP contribution in [-0.4, -0.2) is 22.5 Å². The molecule has 1 N–H and O–H groups in total. The molecule has 0 aromatic carbocycles. The fourth-order valence-electron chi connectivity index (χ4n) is 1.88. The monoisotopic (exact) mass is 237 g/mol. The molecular weight excluding hydrogens is 218 g/mol. The van der Waals surface area contributed by atoms with Crippen molar-refractivity contribution in [2.45, 2.75) is 27.2 Å². The lowest BCUT2D eigenvalue weighted by Gasteiger charge is -2.23. The van der Waals surface area contributed by atoms with Crippen LogP contribution in [0.4, 0.5) is 0 Å². The van der Waals surface area contributed by atoms with Gasteiger partial charge in [-0.25, -0.2) is 4.98 Å². The van der Waals surface area contributed by atoms with E-state index >= 15 is 0 Å². The van der Waals surface area contributed by atoms with Gasteiger partial charge < -0.3 is 5.32 Å². The van der Waals surface area contributed by atoms with Crippen molar-refractivity contribution in [2.75, 3.05) is 13.1 Å². The molecule has 4 heteroatoms. The zero-order chi connectivity index (χ0) is 11.6. The van der Waals surface area contributed by atoms with Crippen LogP contribution in [0.5, 0.6) is 0 Å². The molecule has 3 nitrogen and oxygen atoms in total. The SMILES string of the molecule is CCNCC(C)(C)Cc1cn2ccsc2n1. The Kier molecular flexibility index (Phi) is 3.30. The molecule has 0 aliphatic rings. The molecule has 16 heavy (non-hydrogen) atoms. The van der Waals surface area contributed by atoms with E-state index < -0.39 is 0 Å². The number of fused-ring (bicyclic) bond motifs is 1. The van der Waals surface area contributed by atoms with Crippen molar-refractivity contribution in [3.63, 3.8) is 0 Å². The maximum absolute atomic E-state index is 4.62. The maximum Gasteiger partial charge on any atom is 0.193 e. The maximum atomic E-state index is 4.62. The second-order valence-corrected chi connectivity index (χ2v) is 5.82. The molecule has 2 aromatic rings. The molecule has 0 amide bonds. The standard InChI is InChI=1S/C12H19N3S/c1-4-13-9-12(2,3)7-10-8-15-5-6-16-11(15)14-10/h5-6,8,13H,4,7,9H2,1-3H3. The Morgan fingerprint density at radius 1 is 1.50 bits per heavy atom. The average Bonchev–Trinajstić information content (AvgIpc) is 2.74. The topological polar surface area (TPSA) is 29.3 Å². The van der Waals surface area contributed by atoms with Crippen LogP contribution in [0.15, 0.2) is 17.8 Å². The number of nitrogens with one attached hydrogen (secondary N) is 1. The fraction of sp³-hybridized carbons (Fsp3) is 0.583. The van der Waals surface area contributed by atoms with E-state index in [1.54, 1.807) is 11.3 Å². The summed E-state index contributed by atoms with van der Waals surface area (Å²) in [4.78, 5) is 5.71. The van der Waals surface area contributed by atoms with Gasteiger partial charge in [-0.3, -0.25) is 4.40 Å². The quantitative estimate of drug-likeness (QED) is 0.866. The van der Waals surface area contributed by atoms with Gasteiger partial charge in [0.05, 0.1) is 5.69 Å². The highest BCUT2D eigenvalue weighted by atomic mass is 32.1. The predicted molar refractivity (Wildman–Crippen MR) is 69.1 cm³/mol. The molecule has 0 fully saturated rings. The molecule has 0 saturated carbocycles. The second-order valence-electron chi connectivity index (χ2n) is 4.95. The zero-order valence-corrected chi connectivity index (χ0v) is 11.0. The summed E-state index contributed by atoms with van der Waals surface area (Å²) in [5.41, 5.74) is 1.45. The summed E-state index contributed by atoms with van der Waals surface area (Å²) in [6.45, 7) is 8.77. The molecule has 2 rings (SSSR count). The summed E-state index contributed by atoms with van der Waals surface area (Å²) in [6.07, 6.45) is 5.22. The Morgan fingerprint density at radius 3 is 3.00 bits per heavy atom. The highest BCUT2D eigenvalue weighted by molar-refractivity contribution is 7.15. The number of hydrogen-bond acceptors (Lipinski definition) is 3. The first-order valence-corrected chi connectivity index (χ1v) is 6.60. The minimum absolute atomic E-state index is 0.264. The third-order valence-electron chi connectivity index (χ3n) is 2.66. The van der Waals surface area contributed by atoms with Gasteiger partial charge in [0.2, 0.25) is 0 Å². The van der Waals surface area contributed by atoms with Crippen molar-refractivity contribution in [1.82, 2.24) is 14.7 Å². The molecule has 0 unspecified atom stereocenters. The van der Waals surface area contributed by atoms with Crippen molar-refractivity contribution in [3.8, 4) is 0 Å². The highest BCUT2D eigenvalue weighted by Gasteiger charge is 2.19. The van der Waals surface area contributed by atoms with Crippen LogP contribution in [0, 0.1) is 5.41 Å². The van der Waals surface area contributed by atoms with E-state index in [-0.39, 0.29) is 5.41 Å². The number of thiazole rings is 1. The van der Waals surface area contributed by atoms with E-state index in [4.69, 9.17) is 0 Å². The largest absolute Gasteiger partial charge is 0.316 e. The lowest BCUT2D eigenvalue weighted by Crippen LogP contribution is -2.31. The number of aromatic nitrogens is 2. The minimum Gasteiger partial charge on any atom is -0.316 e. The molecule has 0 saturated heterocycles. The number of nitrogens with zero attached hydrogens (tertiary/aromatic N) is 2. The number of imidazole rings is 1. The van der Waals surface area contributed by atoms with Crippen LogP contribution in [0.3, 0.4) is 0 Å². The van der Waals surface area contributed by atoms with Crippen LogP contribution < -0.4 is 5.32 Å². The third kappa shape index (κ3) is 2.62. The summed E-state index contributed by atoms with van der Waals surface area (Å²) in [7, 11) is 0. The minimum atomic E-state index is 0.264. The van der Waals surface area contributed by atoms with Crippen molar-refractivity contribution >= 4 is 16.3 Å². The van der Waals surface area contributed by atoms with Crippen LogP contribution in [0.2, 0.25) is 0 Å². The van der Waals surface area contributed by atoms with Gasteiger partial charge >= 0.3 is 0 Å². The lowest BCUT2D eigenvalue weighted by atomic mass is 9.88. The van der Waals surface area contributed by atoms with E-state index in [1.165, 1.54) is 5.69 Å². The Morgan fingerprint density at radius 2 is 2.31 bits per heavy atom. The molecule has 0 atom stereocenters. The Bertz CT molecular complexity index is 427. The summed E-state index contributed by atoms with van der Waals surface area (Å²) in [6, 6.07) is 0. The second kappa shape index (κ2) is 4.55. The van der Waals surface area contributed by atoms with Crippen molar-refractivity contribution < 1.29 is 0 Å². The van der Waals surface area contributed by atoms with Crippen LogP contribution in [0.1, 0.15) is 26.5 Å². The summed E-state index contributed by atoms with van der Waals surface area (Å²) in [5.74, 6) is 0. The Hall–Kier alpha value is -0.870. The normalized spacial score (nSPS) is 12.4. The molecule has 0 spiro atoms. The van der Waals surface area contributed by atoms with E-state index in [0.29, 0.717) is 0 Å². The van der Waals surface area contributed by atoms with Crippen molar-refractivity contribution in [3.05, 3.63) is 23.5 Å². The van der Waals surface area contributed by atoms with Gasteiger partial charge in [-0.05, 0) is 18.4 Å². The van der Waals surface area contributed by atoms with Crippen molar-refractivity contribution in [2.24, 2.45) is 5.41 Å². The van der Waals surface area contributed by atoms with Gasteiger partial charge in [-0.2, -0.15) is 0 Å². The number of hydrogen-bond donors (Lipinski definition) is 1. The van der Waals surface area contributed by atoms with Crippen LogP contribution in [-0.2, 0) is 6.42 Å². The molecule has 2 aromatic heterocycles. The molecular formula is C12H19N3S. The fourth-order valence-corrected chi connectivity index (χ4v) is 2.60. The van der Waals surface area contributed by atoms with Crippen LogP contribution in [0.25, 0.3) is 4.96 Å². The van der Waals surface area contributed by atoms with Gasteiger partial charge in [0, 0.05) is 24.3 Å². The first kappa shape index (κ1) is 11.6. The third-order valence-corrected chi connectivity index (χ3v) is 3.43. The average molecular weight is 237 g/mol. The molecule has 0 radical (unpaired) electrons. The van der Waals surface area contributed by atoms with E-state index in [1.807, 2.05) is 0 Å². The molecule has 0 bridgehead atoms. The van der Waals surface area contributed by atoms with Gasteiger partial charge in [-0.15, -0.1) is 11.3 Å². The highest BCUT2D eigenvalue weighted by Crippen LogP contribution is 2.21. The molecule has 0 aliphatic heterocycles. The van der Waals surface area contributed by atoms with E-state index in [9.17, 15) is 0 Å². The van der Waals surface area contributed by atoms with Gasteiger partial charge in [0.25, 0.3) is 0 Å². The van der Waals surface area contributed by atoms with E-state index in [0.717, 1.165) is 24.5 Å². The Balaban J connectivity index is 2.06. The molecule has 2 heterocycles. The summed E-state index contributed by atoms with van der Waals surface area (Å²) < 4.78 is 2.10. The first-order valence-electron chi connectivity index (χ1n) is 5.72. The summed E-state index contributed by atoms with van der Waals surface area (Å²) >= 11 is 1.69. The lowest BCUT2D eigenvalue weighted by molar-refractivity contribution is 0.339. The van der Waals surface area contributed by atoms with Crippen LogP contribution >= 0.6 is 11.3 Å². The van der Waals surface area contributed by atoms with Gasteiger partial charge in [-0.1, -0.05) is 20.8 Å². The van der Waals surface area contributed by atoms with Gasteiger partial charge in [0.1, 0.15) is 0 Å².